The molecule has 0 bridgehead atoms. The maximum Gasteiger partial charge on any atom is 0.287 e. The van der Waals surface area contributed by atoms with Gasteiger partial charge in [0.1, 0.15) is 23.9 Å². The molecule has 2 aromatic carbocycles. The summed E-state index contributed by atoms with van der Waals surface area (Å²) >= 11 is 0. The monoisotopic (exact) mass is 419 g/mol. The molecule has 0 atom stereocenters. The van der Waals surface area contributed by atoms with Crippen LogP contribution in [0.15, 0.2) is 70.0 Å². The van der Waals surface area contributed by atoms with Crippen molar-refractivity contribution in [2.24, 2.45) is 0 Å². The molecule has 8 nitrogen and oxygen atoms in total. The van der Waals surface area contributed by atoms with Gasteiger partial charge in [0.15, 0.2) is 12.3 Å². The largest absolute Gasteiger partial charge is 0.487 e. The second-order valence-electron chi connectivity index (χ2n) is 7.05. The normalized spacial score (nSPS) is 10.8. The quantitative estimate of drug-likeness (QED) is 0.493. The highest BCUT2D eigenvalue weighted by molar-refractivity contribution is 5.92. The molecule has 31 heavy (non-hydrogen) atoms. The molecule has 0 fully saturated rings. The van der Waals surface area contributed by atoms with Crippen LogP contribution < -0.4 is 20.3 Å². The highest BCUT2D eigenvalue weighted by Crippen LogP contribution is 2.19. The number of hydrogen-bond donors (Lipinski definition) is 1. The van der Waals surface area contributed by atoms with Crippen LogP contribution in [0.2, 0.25) is 0 Å². The van der Waals surface area contributed by atoms with E-state index in [4.69, 9.17) is 14.0 Å². The lowest BCUT2D eigenvalue weighted by Crippen LogP contribution is -2.20. The molecule has 0 aliphatic heterocycles. The van der Waals surface area contributed by atoms with E-state index < -0.39 is 0 Å². The molecule has 1 amide bonds. The number of hydrogen-bond acceptors (Lipinski definition) is 6. The number of ether oxygens (including phenoxy) is 2. The molecular formula is C23H21N3O5. The van der Waals surface area contributed by atoms with E-state index in [0.29, 0.717) is 34.3 Å². The predicted molar refractivity (Wildman–Crippen MR) is 115 cm³/mol. The van der Waals surface area contributed by atoms with Gasteiger partial charge in [-0.1, -0.05) is 18.2 Å². The summed E-state index contributed by atoms with van der Waals surface area (Å²) in [5.74, 6) is 1.48. The third-order valence-corrected chi connectivity index (χ3v) is 4.39. The molecule has 8 heteroatoms. The third kappa shape index (κ3) is 5.11. The Kier molecular flexibility index (Phi) is 5.70. The maximum atomic E-state index is 12.2. The van der Waals surface area contributed by atoms with E-state index in [2.05, 4.69) is 10.3 Å². The molecule has 4 aromatic rings. The SMILES string of the molecule is Cc1cccc(OCC(=O)Nc2cccc(OCc3cc(=O)n4oc(C)cc4n3)c2)c1. The van der Waals surface area contributed by atoms with E-state index in [0.717, 1.165) is 10.1 Å². The van der Waals surface area contributed by atoms with Crippen molar-refractivity contribution in [2.45, 2.75) is 20.5 Å². The summed E-state index contributed by atoms with van der Waals surface area (Å²) in [7, 11) is 0. The van der Waals surface area contributed by atoms with Gasteiger partial charge < -0.3 is 19.3 Å². The van der Waals surface area contributed by atoms with Crippen molar-refractivity contribution in [3.8, 4) is 11.5 Å². The number of aromatic nitrogens is 2. The Labute approximate surface area is 178 Å². The summed E-state index contributed by atoms with van der Waals surface area (Å²) in [4.78, 5) is 28.6. The van der Waals surface area contributed by atoms with Crippen molar-refractivity contribution in [1.82, 2.24) is 9.56 Å². The Morgan fingerprint density at radius 1 is 1.03 bits per heavy atom. The van der Waals surface area contributed by atoms with Crippen molar-refractivity contribution >= 4 is 17.2 Å². The zero-order chi connectivity index (χ0) is 21.8. The number of aryl methyl sites for hydroxylation is 2. The van der Waals surface area contributed by atoms with Gasteiger partial charge in [0.25, 0.3) is 11.5 Å². The number of rotatable bonds is 7. The fourth-order valence-electron chi connectivity index (χ4n) is 3.02. The first-order valence-electron chi connectivity index (χ1n) is 9.68. The molecule has 0 aliphatic carbocycles. The number of benzene rings is 2. The zero-order valence-electron chi connectivity index (χ0n) is 17.1. The maximum absolute atomic E-state index is 12.2. The highest BCUT2D eigenvalue weighted by atomic mass is 16.5. The Balaban J connectivity index is 1.36. The Hall–Kier alpha value is -4.07. The summed E-state index contributed by atoms with van der Waals surface area (Å²) in [6.45, 7) is 3.70. The standard InChI is InChI=1S/C23H21N3O5/c1-15-5-3-7-19(9-15)30-14-22(27)25-17-6-4-8-20(11-17)29-13-18-12-23(28)26-21(24-18)10-16(2)31-26/h3-12H,13-14H2,1-2H3,(H,25,27). The molecule has 1 N–H and O–H groups in total. The van der Waals surface area contributed by atoms with Crippen molar-refractivity contribution < 1.29 is 18.8 Å². The fourth-order valence-corrected chi connectivity index (χ4v) is 3.02. The van der Waals surface area contributed by atoms with Crippen LogP contribution in [0.5, 0.6) is 11.5 Å². The van der Waals surface area contributed by atoms with Crippen molar-refractivity contribution in [1.29, 1.82) is 0 Å². The van der Waals surface area contributed by atoms with E-state index in [1.54, 1.807) is 43.3 Å². The lowest BCUT2D eigenvalue weighted by atomic mass is 10.2. The lowest BCUT2D eigenvalue weighted by molar-refractivity contribution is -0.118. The summed E-state index contributed by atoms with van der Waals surface area (Å²) in [6, 6.07) is 17.5. The fraction of sp³-hybridized carbons (Fsp3) is 0.174. The number of nitrogens with zero attached hydrogens (tertiary/aromatic N) is 2. The highest BCUT2D eigenvalue weighted by Gasteiger charge is 2.08. The molecule has 0 unspecified atom stereocenters. The molecule has 4 rings (SSSR count). The molecule has 2 aromatic heterocycles. The topological polar surface area (TPSA) is 95.1 Å². The smallest absolute Gasteiger partial charge is 0.287 e. The number of anilines is 1. The van der Waals surface area contributed by atoms with E-state index in [9.17, 15) is 9.59 Å². The zero-order valence-corrected chi connectivity index (χ0v) is 17.1. The molecule has 0 spiro atoms. The van der Waals surface area contributed by atoms with Gasteiger partial charge in [0.2, 0.25) is 0 Å². The number of nitrogens with one attached hydrogen (secondary N) is 1. The first kappa shape index (κ1) is 20.2. The molecule has 0 radical (unpaired) electrons. The van der Waals surface area contributed by atoms with Crippen LogP contribution in [0.1, 0.15) is 17.0 Å². The summed E-state index contributed by atoms with van der Waals surface area (Å²) in [5.41, 5.74) is 2.22. The van der Waals surface area contributed by atoms with Crippen LogP contribution in [-0.4, -0.2) is 22.1 Å². The third-order valence-electron chi connectivity index (χ3n) is 4.39. The van der Waals surface area contributed by atoms with E-state index in [-0.39, 0.29) is 24.7 Å². The van der Waals surface area contributed by atoms with Crippen molar-refractivity contribution in [3.63, 3.8) is 0 Å². The molecule has 0 saturated heterocycles. The van der Waals surface area contributed by atoms with Crippen LogP contribution >= 0.6 is 0 Å². The van der Waals surface area contributed by atoms with Gasteiger partial charge >= 0.3 is 0 Å². The average Bonchev–Trinajstić information content (AvgIpc) is 3.12. The van der Waals surface area contributed by atoms with E-state index in [1.165, 1.54) is 6.07 Å². The van der Waals surface area contributed by atoms with Crippen LogP contribution in [0.25, 0.3) is 5.65 Å². The van der Waals surface area contributed by atoms with Gasteiger partial charge in [-0.25, -0.2) is 4.98 Å². The number of fused-ring (bicyclic) bond motifs is 1. The second-order valence-corrected chi connectivity index (χ2v) is 7.05. The van der Waals surface area contributed by atoms with Crippen molar-refractivity contribution in [3.05, 3.63) is 88.0 Å². The lowest BCUT2D eigenvalue weighted by Gasteiger charge is -2.10. The molecule has 158 valence electrons. The first-order chi connectivity index (χ1) is 15.0. The van der Waals surface area contributed by atoms with E-state index in [1.807, 2.05) is 25.1 Å². The van der Waals surface area contributed by atoms with Gasteiger partial charge in [0, 0.05) is 23.9 Å². The second kappa shape index (κ2) is 8.74. The minimum absolute atomic E-state index is 0.101. The van der Waals surface area contributed by atoms with E-state index >= 15 is 0 Å². The molecular weight excluding hydrogens is 398 g/mol. The minimum Gasteiger partial charge on any atom is -0.487 e. The predicted octanol–water partition coefficient (Wildman–Crippen LogP) is 3.50. The Morgan fingerprint density at radius 2 is 1.81 bits per heavy atom. The number of carbonyl (C=O) groups is 1. The van der Waals surface area contributed by atoms with Crippen LogP contribution in [-0.2, 0) is 11.4 Å². The van der Waals surface area contributed by atoms with Crippen LogP contribution in [0.4, 0.5) is 5.69 Å². The minimum atomic E-state index is -0.314. The molecule has 0 saturated carbocycles. The van der Waals surface area contributed by atoms with Gasteiger partial charge in [-0.05, 0) is 43.7 Å². The number of amides is 1. The molecule has 2 heterocycles. The first-order valence-corrected chi connectivity index (χ1v) is 9.68. The Morgan fingerprint density at radius 3 is 2.61 bits per heavy atom. The summed E-state index contributed by atoms with van der Waals surface area (Å²) < 4.78 is 17.7. The number of carbonyl (C=O) groups excluding carboxylic acids is 1. The molecule has 0 aliphatic rings. The van der Waals surface area contributed by atoms with Crippen LogP contribution in [0, 0.1) is 13.8 Å². The summed E-state index contributed by atoms with van der Waals surface area (Å²) in [6.07, 6.45) is 0. The van der Waals surface area contributed by atoms with Gasteiger partial charge in [-0.2, -0.15) is 0 Å². The Bertz CT molecular complexity index is 1290. The average molecular weight is 419 g/mol. The van der Waals surface area contributed by atoms with Crippen molar-refractivity contribution in [2.75, 3.05) is 11.9 Å². The van der Waals surface area contributed by atoms with Gasteiger partial charge in [-0.3, -0.25) is 9.59 Å². The van der Waals surface area contributed by atoms with Gasteiger partial charge in [0.05, 0.1) is 5.69 Å². The van der Waals surface area contributed by atoms with Crippen LogP contribution in [0.3, 0.4) is 0 Å². The van der Waals surface area contributed by atoms with Gasteiger partial charge in [-0.15, -0.1) is 4.57 Å². The summed E-state index contributed by atoms with van der Waals surface area (Å²) in [5, 5.41) is 2.78.